The van der Waals surface area contributed by atoms with E-state index in [4.69, 9.17) is 17.0 Å². The van der Waals surface area contributed by atoms with Crippen LogP contribution in [0.15, 0.2) is 29.4 Å². The molecule has 1 aromatic rings. The van der Waals surface area contributed by atoms with Gasteiger partial charge in [-0.2, -0.15) is 5.10 Å². The third-order valence-corrected chi connectivity index (χ3v) is 2.13. The molecule has 1 aromatic carbocycles. The molecule has 0 fully saturated rings. The van der Waals surface area contributed by atoms with Crippen molar-refractivity contribution in [3.8, 4) is 5.75 Å². The van der Waals surface area contributed by atoms with Gasteiger partial charge in [0.05, 0.1) is 12.3 Å². The Morgan fingerprint density at radius 1 is 1.47 bits per heavy atom. The van der Waals surface area contributed by atoms with Gasteiger partial charge in [-0.05, 0) is 43.8 Å². The standard InChI is InChI=1S/C12H17N3OS/c1-9(2)16-11-6-4-5-10(7-11)8-14-15-12(17)13-3/h4-9H,1-3H3,(H2,13,15,17)/b14-8+. The molecule has 0 aliphatic heterocycles. The molecule has 0 aliphatic carbocycles. The fraction of sp³-hybridized carbons (Fsp3) is 0.333. The lowest BCUT2D eigenvalue weighted by Gasteiger charge is -2.09. The minimum atomic E-state index is 0.164. The maximum atomic E-state index is 5.58. The fourth-order valence-corrected chi connectivity index (χ4v) is 1.21. The normalized spacial score (nSPS) is 10.6. The van der Waals surface area contributed by atoms with Crippen LogP contribution in [0.5, 0.6) is 5.75 Å². The van der Waals surface area contributed by atoms with Crippen LogP contribution in [-0.2, 0) is 0 Å². The number of rotatable bonds is 4. The molecular formula is C12H17N3OS. The van der Waals surface area contributed by atoms with E-state index in [1.807, 2.05) is 38.1 Å². The molecular weight excluding hydrogens is 234 g/mol. The Labute approximate surface area is 107 Å². The highest BCUT2D eigenvalue weighted by Gasteiger charge is 1.97. The van der Waals surface area contributed by atoms with E-state index in [1.54, 1.807) is 13.3 Å². The van der Waals surface area contributed by atoms with E-state index in [9.17, 15) is 0 Å². The topological polar surface area (TPSA) is 45.7 Å². The first kappa shape index (κ1) is 13.4. The summed E-state index contributed by atoms with van der Waals surface area (Å²) < 4.78 is 5.58. The average Bonchev–Trinajstić information content (AvgIpc) is 2.28. The zero-order chi connectivity index (χ0) is 12.7. The lowest BCUT2D eigenvalue weighted by molar-refractivity contribution is 0.242. The molecule has 0 bridgehead atoms. The van der Waals surface area contributed by atoms with Gasteiger partial charge in [-0.25, -0.2) is 0 Å². The van der Waals surface area contributed by atoms with Gasteiger partial charge >= 0.3 is 0 Å². The number of benzene rings is 1. The molecule has 0 spiro atoms. The van der Waals surface area contributed by atoms with E-state index >= 15 is 0 Å². The third-order valence-electron chi connectivity index (χ3n) is 1.84. The van der Waals surface area contributed by atoms with Gasteiger partial charge in [0.2, 0.25) is 0 Å². The summed E-state index contributed by atoms with van der Waals surface area (Å²) in [5.41, 5.74) is 3.64. The first-order valence-electron chi connectivity index (χ1n) is 5.39. The van der Waals surface area contributed by atoms with Crippen LogP contribution in [-0.4, -0.2) is 24.5 Å². The van der Waals surface area contributed by atoms with E-state index in [0.717, 1.165) is 11.3 Å². The Bertz CT molecular complexity index is 404. The summed E-state index contributed by atoms with van der Waals surface area (Å²) in [5, 5.41) is 7.25. The smallest absolute Gasteiger partial charge is 0.186 e. The Kier molecular flexibility index (Phi) is 5.42. The average molecular weight is 251 g/mol. The van der Waals surface area contributed by atoms with Crippen molar-refractivity contribution in [2.75, 3.05) is 7.05 Å². The maximum absolute atomic E-state index is 5.58. The molecule has 0 unspecified atom stereocenters. The molecule has 0 heterocycles. The van der Waals surface area contributed by atoms with Crippen molar-refractivity contribution in [1.82, 2.24) is 10.7 Å². The van der Waals surface area contributed by atoms with Crippen LogP contribution in [0.25, 0.3) is 0 Å². The van der Waals surface area contributed by atoms with Crippen molar-refractivity contribution in [1.29, 1.82) is 0 Å². The molecule has 0 saturated heterocycles. The van der Waals surface area contributed by atoms with Gasteiger partial charge in [0.1, 0.15) is 5.75 Å². The van der Waals surface area contributed by atoms with E-state index in [2.05, 4.69) is 15.8 Å². The van der Waals surface area contributed by atoms with Crippen LogP contribution >= 0.6 is 12.2 Å². The molecule has 4 nitrogen and oxygen atoms in total. The predicted octanol–water partition coefficient (Wildman–Crippen LogP) is 1.90. The third kappa shape index (κ3) is 5.31. The summed E-state index contributed by atoms with van der Waals surface area (Å²) >= 11 is 4.89. The van der Waals surface area contributed by atoms with Crippen LogP contribution in [0, 0.1) is 0 Å². The highest BCUT2D eigenvalue weighted by Crippen LogP contribution is 2.13. The lowest BCUT2D eigenvalue weighted by Crippen LogP contribution is -2.28. The van der Waals surface area contributed by atoms with Crippen molar-refractivity contribution in [3.63, 3.8) is 0 Å². The van der Waals surface area contributed by atoms with Gasteiger partial charge in [-0.1, -0.05) is 12.1 Å². The van der Waals surface area contributed by atoms with Gasteiger partial charge in [-0.3, -0.25) is 5.43 Å². The Morgan fingerprint density at radius 3 is 2.88 bits per heavy atom. The summed E-state index contributed by atoms with van der Waals surface area (Å²) in [7, 11) is 1.74. The predicted molar refractivity (Wildman–Crippen MR) is 74.6 cm³/mol. The monoisotopic (exact) mass is 251 g/mol. The molecule has 0 radical (unpaired) electrons. The van der Waals surface area contributed by atoms with Crippen LogP contribution in [0.4, 0.5) is 0 Å². The quantitative estimate of drug-likeness (QED) is 0.487. The largest absolute Gasteiger partial charge is 0.491 e. The Hall–Kier alpha value is -1.62. The molecule has 92 valence electrons. The minimum absolute atomic E-state index is 0.164. The number of hydrogen-bond donors (Lipinski definition) is 2. The highest BCUT2D eigenvalue weighted by atomic mass is 32.1. The summed E-state index contributed by atoms with van der Waals surface area (Å²) in [6.07, 6.45) is 1.86. The first-order chi connectivity index (χ1) is 8.11. The second-order valence-electron chi connectivity index (χ2n) is 3.69. The fourth-order valence-electron chi connectivity index (χ4n) is 1.16. The van der Waals surface area contributed by atoms with Gasteiger partial charge < -0.3 is 10.1 Å². The van der Waals surface area contributed by atoms with Crippen LogP contribution in [0.3, 0.4) is 0 Å². The molecule has 0 atom stereocenters. The minimum Gasteiger partial charge on any atom is -0.491 e. The number of nitrogens with one attached hydrogen (secondary N) is 2. The zero-order valence-corrected chi connectivity index (χ0v) is 11.0. The molecule has 2 N–H and O–H groups in total. The van der Waals surface area contributed by atoms with Gasteiger partial charge in [0.15, 0.2) is 5.11 Å². The molecule has 0 saturated carbocycles. The molecule has 5 heteroatoms. The summed E-state index contributed by atoms with van der Waals surface area (Å²) in [6.45, 7) is 3.99. The van der Waals surface area contributed by atoms with Crippen molar-refractivity contribution in [3.05, 3.63) is 29.8 Å². The first-order valence-corrected chi connectivity index (χ1v) is 5.80. The summed E-state index contributed by atoms with van der Waals surface area (Å²) in [6, 6.07) is 7.72. The van der Waals surface area contributed by atoms with Crippen molar-refractivity contribution < 1.29 is 4.74 Å². The van der Waals surface area contributed by atoms with Crippen molar-refractivity contribution in [2.45, 2.75) is 20.0 Å². The number of ether oxygens (including phenoxy) is 1. The maximum Gasteiger partial charge on any atom is 0.186 e. The van der Waals surface area contributed by atoms with Gasteiger partial charge in [-0.15, -0.1) is 0 Å². The number of thiocarbonyl (C=S) groups is 1. The van der Waals surface area contributed by atoms with Crippen LogP contribution < -0.4 is 15.5 Å². The van der Waals surface area contributed by atoms with E-state index < -0.39 is 0 Å². The second kappa shape index (κ2) is 6.85. The Balaban J connectivity index is 2.62. The summed E-state index contributed by atoms with van der Waals surface area (Å²) in [5.74, 6) is 0.833. The molecule has 17 heavy (non-hydrogen) atoms. The highest BCUT2D eigenvalue weighted by molar-refractivity contribution is 7.80. The van der Waals surface area contributed by atoms with E-state index in [0.29, 0.717) is 5.11 Å². The van der Waals surface area contributed by atoms with E-state index in [1.165, 1.54) is 0 Å². The molecule has 0 amide bonds. The van der Waals surface area contributed by atoms with Crippen LogP contribution in [0.1, 0.15) is 19.4 Å². The number of hydrazone groups is 1. The molecule has 0 aromatic heterocycles. The molecule has 1 rings (SSSR count). The molecule has 0 aliphatic rings. The van der Waals surface area contributed by atoms with Gasteiger partial charge in [0, 0.05) is 7.05 Å². The van der Waals surface area contributed by atoms with Crippen LogP contribution in [0.2, 0.25) is 0 Å². The number of hydrogen-bond acceptors (Lipinski definition) is 3. The Morgan fingerprint density at radius 2 is 2.24 bits per heavy atom. The van der Waals surface area contributed by atoms with Crippen molar-refractivity contribution in [2.24, 2.45) is 5.10 Å². The zero-order valence-electron chi connectivity index (χ0n) is 10.2. The lowest BCUT2D eigenvalue weighted by atomic mass is 10.2. The van der Waals surface area contributed by atoms with Gasteiger partial charge in [0.25, 0.3) is 0 Å². The van der Waals surface area contributed by atoms with E-state index in [-0.39, 0.29) is 6.10 Å². The summed E-state index contributed by atoms with van der Waals surface area (Å²) in [4.78, 5) is 0. The second-order valence-corrected chi connectivity index (χ2v) is 4.10. The number of nitrogens with zero attached hydrogens (tertiary/aromatic N) is 1. The van der Waals surface area contributed by atoms with Crippen molar-refractivity contribution >= 4 is 23.5 Å². The SMILES string of the molecule is CNC(=S)N/N=C/c1cccc(OC(C)C)c1.